The van der Waals surface area contributed by atoms with Crippen LogP contribution in [-0.4, -0.2) is 26.1 Å². The van der Waals surface area contributed by atoms with Crippen molar-refractivity contribution in [2.45, 2.75) is 51.4 Å². The average Bonchev–Trinajstić information content (AvgIpc) is 1.99. The molecule has 0 heterocycles. The Morgan fingerprint density at radius 1 is 1.43 bits per heavy atom. The lowest BCUT2D eigenvalue weighted by Gasteiger charge is -2.36. The van der Waals surface area contributed by atoms with Gasteiger partial charge in [-0.2, -0.15) is 0 Å². The lowest BCUT2D eigenvalue weighted by molar-refractivity contribution is 0.102. The van der Waals surface area contributed by atoms with Gasteiger partial charge in [-0.25, -0.2) is 0 Å². The zero-order chi connectivity index (χ0) is 11.4. The Morgan fingerprint density at radius 2 is 1.93 bits per heavy atom. The Balaban J connectivity index is 4.05. The molecule has 0 spiro atoms. The van der Waals surface area contributed by atoms with Gasteiger partial charge in [0.15, 0.2) is 8.32 Å². The molecule has 0 saturated heterocycles. The van der Waals surface area contributed by atoms with E-state index in [1.807, 2.05) is 0 Å². The monoisotopic (exact) mass is 216 g/mol. The zero-order valence-corrected chi connectivity index (χ0v) is 11.1. The van der Waals surface area contributed by atoms with Crippen molar-refractivity contribution in [3.63, 3.8) is 0 Å². The summed E-state index contributed by atoms with van der Waals surface area (Å²) in [5, 5.41) is 9.71. The Bertz CT molecular complexity index is 182. The maximum atomic E-state index is 9.50. The van der Waals surface area contributed by atoms with E-state index in [1.165, 1.54) is 0 Å². The fraction of sp³-hybridized carbons (Fsp3) is 0.818. The van der Waals surface area contributed by atoms with Crippen LogP contribution in [-0.2, 0) is 4.43 Å². The Kier molecular flexibility index (Phi) is 5.05. The third kappa shape index (κ3) is 4.40. The van der Waals surface area contributed by atoms with Crippen LogP contribution in [0.3, 0.4) is 0 Å². The topological polar surface area (TPSA) is 29.5 Å². The van der Waals surface area contributed by atoms with Crippen LogP contribution in [0.5, 0.6) is 0 Å². The predicted molar refractivity (Wildman–Crippen MR) is 64.0 cm³/mol. The van der Waals surface area contributed by atoms with Gasteiger partial charge in [-0.1, -0.05) is 26.8 Å². The molecule has 0 aliphatic heterocycles. The van der Waals surface area contributed by atoms with Crippen LogP contribution in [0.2, 0.25) is 18.1 Å². The van der Waals surface area contributed by atoms with Crippen LogP contribution in [0.1, 0.15) is 27.2 Å². The van der Waals surface area contributed by atoms with Gasteiger partial charge in [0.1, 0.15) is 0 Å². The first-order valence-corrected chi connectivity index (χ1v) is 8.04. The number of aliphatic hydroxyl groups is 1. The highest BCUT2D eigenvalue weighted by Gasteiger charge is 2.37. The molecule has 0 aromatic heterocycles. The van der Waals surface area contributed by atoms with E-state index in [0.717, 1.165) is 0 Å². The van der Waals surface area contributed by atoms with E-state index in [1.54, 1.807) is 6.08 Å². The summed E-state index contributed by atoms with van der Waals surface area (Å²) in [5.41, 5.74) is 0. The lowest BCUT2D eigenvalue weighted by Crippen LogP contribution is -2.42. The fourth-order valence-electron chi connectivity index (χ4n) is 0.781. The summed E-state index contributed by atoms with van der Waals surface area (Å²) >= 11 is 0. The molecular weight excluding hydrogens is 192 g/mol. The van der Waals surface area contributed by atoms with Gasteiger partial charge in [0.05, 0.1) is 12.7 Å². The van der Waals surface area contributed by atoms with Crippen molar-refractivity contribution in [3.05, 3.63) is 12.7 Å². The molecule has 0 rings (SSSR count). The molecule has 0 aromatic carbocycles. The molecule has 0 aliphatic carbocycles. The summed E-state index contributed by atoms with van der Waals surface area (Å²) in [6, 6.07) is 0. The third-order valence-electron chi connectivity index (χ3n) is 2.88. The van der Waals surface area contributed by atoms with Crippen molar-refractivity contribution in [3.8, 4) is 0 Å². The maximum absolute atomic E-state index is 9.50. The fourth-order valence-corrected chi connectivity index (χ4v) is 1.82. The van der Waals surface area contributed by atoms with Gasteiger partial charge in [-0.05, 0) is 24.6 Å². The minimum atomic E-state index is -1.69. The largest absolute Gasteiger partial charge is 0.414 e. The van der Waals surface area contributed by atoms with Crippen molar-refractivity contribution in [1.82, 2.24) is 0 Å². The van der Waals surface area contributed by atoms with Crippen molar-refractivity contribution in [2.24, 2.45) is 0 Å². The molecule has 0 aliphatic rings. The number of hydrogen-bond acceptors (Lipinski definition) is 2. The van der Waals surface area contributed by atoms with Gasteiger partial charge >= 0.3 is 0 Å². The molecule has 14 heavy (non-hydrogen) atoms. The lowest BCUT2D eigenvalue weighted by atomic mass is 10.2. The summed E-state index contributed by atoms with van der Waals surface area (Å²) < 4.78 is 5.85. The van der Waals surface area contributed by atoms with E-state index in [-0.39, 0.29) is 5.04 Å². The molecule has 3 heteroatoms. The standard InChI is InChI=1S/C11H24O2Si/c1-7-8-10(12)9-13-14(5,6)11(2,3)4/h7,10,12H,1,8-9H2,2-6H3/t10-/m0/s1. The second-order valence-electron chi connectivity index (χ2n) is 5.25. The molecule has 1 atom stereocenters. The van der Waals surface area contributed by atoms with Gasteiger partial charge in [-0.15, -0.1) is 6.58 Å². The van der Waals surface area contributed by atoms with Crippen molar-refractivity contribution >= 4 is 8.32 Å². The van der Waals surface area contributed by atoms with E-state index in [2.05, 4.69) is 40.4 Å². The highest BCUT2D eigenvalue weighted by molar-refractivity contribution is 6.74. The molecule has 0 aromatic rings. The molecular formula is C11H24O2Si. The van der Waals surface area contributed by atoms with E-state index in [9.17, 15) is 5.11 Å². The first kappa shape index (κ1) is 13.9. The Morgan fingerprint density at radius 3 is 2.29 bits per heavy atom. The van der Waals surface area contributed by atoms with Gasteiger partial charge in [0, 0.05) is 0 Å². The highest BCUT2D eigenvalue weighted by atomic mass is 28.4. The average molecular weight is 216 g/mol. The smallest absolute Gasteiger partial charge is 0.192 e. The summed E-state index contributed by atoms with van der Waals surface area (Å²) in [4.78, 5) is 0. The molecule has 0 unspecified atom stereocenters. The van der Waals surface area contributed by atoms with Crippen molar-refractivity contribution in [1.29, 1.82) is 0 Å². The van der Waals surface area contributed by atoms with Crippen LogP contribution in [0, 0.1) is 0 Å². The van der Waals surface area contributed by atoms with Crippen molar-refractivity contribution in [2.75, 3.05) is 6.61 Å². The first-order valence-electron chi connectivity index (χ1n) is 5.13. The van der Waals surface area contributed by atoms with Crippen LogP contribution in [0.25, 0.3) is 0 Å². The highest BCUT2D eigenvalue weighted by Crippen LogP contribution is 2.36. The Labute approximate surface area is 89.1 Å². The predicted octanol–water partition coefficient (Wildman–Crippen LogP) is 2.95. The van der Waals surface area contributed by atoms with Gasteiger partial charge in [0.25, 0.3) is 0 Å². The molecule has 0 radical (unpaired) electrons. The first-order chi connectivity index (χ1) is 6.20. The van der Waals surface area contributed by atoms with E-state index in [0.29, 0.717) is 13.0 Å². The summed E-state index contributed by atoms with van der Waals surface area (Å²) in [6.45, 7) is 15.0. The minimum absolute atomic E-state index is 0.209. The zero-order valence-electron chi connectivity index (χ0n) is 10.1. The second-order valence-corrected chi connectivity index (χ2v) is 10.1. The SMILES string of the molecule is C=CC[C@H](O)CO[Si](C)(C)C(C)(C)C. The van der Waals surface area contributed by atoms with Crippen LogP contribution in [0.15, 0.2) is 12.7 Å². The van der Waals surface area contributed by atoms with Crippen LogP contribution < -0.4 is 0 Å². The molecule has 1 N–H and O–H groups in total. The molecule has 2 nitrogen and oxygen atoms in total. The normalized spacial score (nSPS) is 15.3. The van der Waals surface area contributed by atoms with Crippen LogP contribution >= 0.6 is 0 Å². The van der Waals surface area contributed by atoms with Crippen LogP contribution in [0.4, 0.5) is 0 Å². The quantitative estimate of drug-likeness (QED) is 0.565. The molecule has 84 valence electrons. The summed E-state index contributed by atoms with van der Waals surface area (Å²) in [6.07, 6.45) is 1.93. The Hall–Kier alpha value is -0.123. The summed E-state index contributed by atoms with van der Waals surface area (Å²) in [7, 11) is -1.69. The number of rotatable bonds is 5. The van der Waals surface area contributed by atoms with E-state index < -0.39 is 14.4 Å². The summed E-state index contributed by atoms with van der Waals surface area (Å²) in [5.74, 6) is 0. The molecule has 0 bridgehead atoms. The molecule has 0 saturated carbocycles. The van der Waals surface area contributed by atoms with Gasteiger partial charge in [-0.3, -0.25) is 0 Å². The maximum Gasteiger partial charge on any atom is 0.192 e. The van der Waals surface area contributed by atoms with Crippen molar-refractivity contribution < 1.29 is 9.53 Å². The van der Waals surface area contributed by atoms with Gasteiger partial charge in [0.2, 0.25) is 0 Å². The second kappa shape index (κ2) is 5.10. The molecule has 0 amide bonds. The third-order valence-corrected chi connectivity index (χ3v) is 7.38. The van der Waals surface area contributed by atoms with Gasteiger partial charge < -0.3 is 9.53 Å². The van der Waals surface area contributed by atoms with E-state index in [4.69, 9.17) is 4.43 Å². The van der Waals surface area contributed by atoms with E-state index >= 15 is 0 Å². The molecule has 0 fully saturated rings. The number of aliphatic hydroxyl groups excluding tert-OH is 1. The number of hydrogen-bond donors (Lipinski definition) is 1. The minimum Gasteiger partial charge on any atom is -0.414 e.